The summed E-state index contributed by atoms with van der Waals surface area (Å²) in [6.07, 6.45) is 5.11. The molecule has 0 radical (unpaired) electrons. The van der Waals surface area contributed by atoms with Crippen molar-refractivity contribution in [2.24, 2.45) is 5.73 Å². The van der Waals surface area contributed by atoms with Crippen LogP contribution in [0.25, 0.3) is 33.5 Å². The number of hydrogen-bond donors (Lipinski definition) is 7. The molecule has 3 aliphatic rings. The van der Waals surface area contributed by atoms with Crippen LogP contribution in [-0.4, -0.2) is 287 Å². The van der Waals surface area contributed by atoms with Crippen LogP contribution in [0.2, 0.25) is 5.02 Å². The molecule has 4 aromatic rings. The van der Waals surface area contributed by atoms with Gasteiger partial charge < -0.3 is 74.9 Å². The lowest BCUT2D eigenvalue weighted by Gasteiger charge is -2.36. The summed E-state index contributed by atoms with van der Waals surface area (Å²) >= 11 is 6.41. The smallest absolute Gasteiger partial charge is 0.317 e. The second kappa shape index (κ2) is 37.1. The van der Waals surface area contributed by atoms with Crippen molar-refractivity contribution in [2.75, 3.05) is 201 Å². The number of aromatic amines is 1. The summed E-state index contributed by atoms with van der Waals surface area (Å²) in [6.45, 7) is 10.7. The van der Waals surface area contributed by atoms with Gasteiger partial charge in [0.15, 0.2) is 0 Å². The molecule has 2 amide bonds. The van der Waals surface area contributed by atoms with Gasteiger partial charge in [-0.15, -0.1) is 0 Å². The number of carbonyl (C=O) groups excluding carboxylic acids is 2. The maximum atomic E-state index is 15.0. The predicted octanol–water partition coefficient (Wildman–Crippen LogP) is 2.80. The van der Waals surface area contributed by atoms with Crippen LogP contribution in [0.1, 0.15) is 37.7 Å². The van der Waals surface area contributed by atoms with Gasteiger partial charge in [-0.3, -0.25) is 43.6 Å². The minimum absolute atomic E-state index is 0.0175. The lowest BCUT2D eigenvalue weighted by Crippen LogP contribution is -2.50. The highest BCUT2D eigenvalue weighted by molar-refractivity contribution is 6.31. The van der Waals surface area contributed by atoms with E-state index in [1.807, 2.05) is 47.2 Å². The number of imidazole rings is 1. The summed E-state index contributed by atoms with van der Waals surface area (Å²) in [4.78, 5) is 85.4. The summed E-state index contributed by atoms with van der Waals surface area (Å²) in [6, 6.07) is 10.7. The van der Waals surface area contributed by atoms with Crippen molar-refractivity contribution in [3.8, 4) is 22.5 Å². The molecule has 3 saturated heterocycles. The molecule has 3 fully saturated rings. The lowest BCUT2D eigenvalue weighted by molar-refractivity contribution is -0.140. The number of rotatable bonds is 34. The molecule has 7 rings (SSSR count). The predicted molar refractivity (Wildman–Crippen MR) is 328 cm³/mol. The monoisotopic (exact) mass is 1250 g/mol. The number of carbonyl (C=O) groups is 5. The number of fused-ring (bicyclic) bond motifs is 1. The molecule has 0 spiro atoms. The normalized spacial score (nSPS) is 16.8. The van der Waals surface area contributed by atoms with Crippen molar-refractivity contribution in [1.29, 1.82) is 0 Å². The zero-order valence-electron chi connectivity index (χ0n) is 50.5. The van der Waals surface area contributed by atoms with Crippen LogP contribution in [-0.2, 0) is 52.4 Å². The Morgan fingerprint density at radius 2 is 1.15 bits per heavy atom. The molecule has 3 aliphatic heterocycles. The SMILES string of the molecule is Cc1cc(F)cc(-c2cnc(NC3CCN(C(=O)CCOCCOCCOCCOCCOCCOCCNC(=O)CN4CCN(CC(=O)O)CCN(CC(=O)O)CCN(CC(=O)O)CC4)CC3)c(-c3nc4ccc(Cl)cc4[nH]3)c2N2CCC(N)CC2)c1. The van der Waals surface area contributed by atoms with Gasteiger partial charge in [0.2, 0.25) is 11.8 Å². The number of carboxylic acids is 3. The van der Waals surface area contributed by atoms with Crippen molar-refractivity contribution < 1.29 is 72.1 Å². The number of nitrogens with one attached hydrogen (secondary N) is 3. The van der Waals surface area contributed by atoms with E-state index in [1.165, 1.54) is 6.07 Å². The number of halogens is 2. The van der Waals surface area contributed by atoms with Crippen LogP contribution in [0, 0.1) is 12.7 Å². The molecule has 0 unspecified atom stereocenters. The zero-order chi connectivity index (χ0) is 62.6. The second-order valence-corrected chi connectivity index (χ2v) is 22.6. The molecular formula is C60H88ClFN12O14. The summed E-state index contributed by atoms with van der Waals surface area (Å²) in [7, 11) is 0. The Morgan fingerprint density at radius 3 is 1.66 bits per heavy atom. The van der Waals surface area contributed by atoms with Crippen LogP contribution in [0.4, 0.5) is 15.9 Å². The Balaban J connectivity index is 0.704. The molecule has 88 heavy (non-hydrogen) atoms. The van der Waals surface area contributed by atoms with E-state index >= 15 is 0 Å². The molecule has 2 aromatic carbocycles. The van der Waals surface area contributed by atoms with Crippen molar-refractivity contribution in [2.45, 2.75) is 51.1 Å². The Kier molecular flexibility index (Phi) is 29.2. The fourth-order valence-electron chi connectivity index (χ4n) is 10.8. The number of H-pyrrole nitrogens is 1. The minimum atomic E-state index is -1.03. The maximum Gasteiger partial charge on any atom is 0.317 e. The second-order valence-electron chi connectivity index (χ2n) is 22.2. The van der Waals surface area contributed by atoms with Gasteiger partial charge in [-0.05, 0) is 74.1 Å². The largest absolute Gasteiger partial charge is 0.480 e. The van der Waals surface area contributed by atoms with Crippen LogP contribution < -0.4 is 21.3 Å². The average molecular weight is 1260 g/mol. The Hall–Kier alpha value is -6.21. The number of likely N-dealkylation sites (tertiary alicyclic amines) is 1. The molecule has 5 heterocycles. The summed E-state index contributed by atoms with van der Waals surface area (Å²) < 4.78 is 48.7. The van der Waals surface area contributed by atoms with Crippen molar-refractivity contribution >= 4 is 63.9 Å². The van der Waals surface area contributed by atoms with E-state index < -0.39 is 17.9 Å². The first kappa shape index (κ1) is 69.3. The van der Waals surface area contributed by atoms with Gasteiger partial charge in [0.1, 0.15) is 17.5 Å². The number of piperidine rings is 2. The number of nitrogens with zero attached hydrogens (tertiary/aromatic N) is 8. The first-order valence-electron chi connectivity index (χ1n) is 30.4. The van der Waals surface area contributed by atoms with Crippen LogP contribution in [0.15, 0.2) is 42.6 Å². The van der Waals surface area contributed by atoms with E-state index in [-0.39, 0.29) is 95.2 Å². The first-order chi connectivity index (χ1) is 42.6. The van der Waals surface area contributed by atoms with E-state index in [2.05, 4.69) is 20.5 Å². The quantitative estimate of drug-likeness (QED) is 0.0331. The molecule has 2 aromatic heterocycles. The number of aromatic nitrogens is 3. The number of ether oxygens (including phenoxy) is 6. The highest BCUT2D eigenvalue weighted by Gasteiger charge is 2.31. The van der Waals surface area contributed by atoms with Crippen LogP contribution in [0.3, 0.4) is 0 Å². The molecule has 26 nitrogen and oxygen atoms in total. The molecule has 0 bridgehead atoms. The van der Waals surface area contributed by atoms with E-state index in [1.54, 1.807) is 20.8 Å². The highest BCUT2D eigenvalue weighted by Crippen LogP contribution is 2.44. The van der Waals surface area contributed by atoms with E-state index in [4.69, 9.17) is 55.7 Å². The Bertz CT molecular complexity index is 2790. The highest BCUT2D eigenvalue weighted by atomic mass is 35.5. The number of hydrogen-bond acceptors (Lipinski definition) is 20. The van der Waals surface area contributed by atoms with Crippen LogP contribution >= 0.6 is 11.6 Å². The number of nitrogens with two attached hydrogens (primary N) is 1. The summed E-state index contributed by atoms with van der Waals surface area (Å²) in [5.74, 6) is -2.35. The number of benzene rings is 2. The molecule has 0 atom stereocenters. The molecule has 8 N–H and O–H groups in total. The molecule has 0 saturated carbocycles. The molecule has 0 aliphatic carbocycles. The number of aryl methyl sites for hydroxylation is 1. The molecular weight excluding hydrogens is 1170 g/mol. The maximum absolute atomic E-state index is 15.0. The van der Waals surface area contributed by atoms with Crippen molar-refractivity contribution in [3.05, 3.63) is 59.0 Å². The summed E-state index contributed by atoms with van der Waals surface area (Å²) in [5, 5.41) is 35.4. The zero-order valence-corrected chi connectivity index (χ0v) is 51.2. The van der Waals surface area contributed by atoms with Gasteiger partial charge in [0.05, 0.1) is 134 Å². The third-order valence-corrected chi connectivity index (χ3v) is 15.6. The van der Waals surface area contributed by atoms with Gasteiger partial charge in [-0.1, -0.05) is 17.7 Å². The Morgan fingerprint density at radius 1 is 0.648 bits per heavy atom. The van der Waals surface area contributed by atoms with Crippen LogP contribution in [0.5, 0.6) is 0 Å². The third-order valence-electron chi connectivity index (χ3n) is 15.4. The van der Waals surface area contributed by atoms with Gasteiger partial charge in [0, 0.05) is 114 Å². The van der Waals surface area contributed by atoms with Gasteiger partial charge in [-0.2, -0.15) is 0 Å². The van der Waals surface area contributed by atoms with Crippen molar-refractivity contribution in [1.82, 2.24) is 44.8 Å². The number of anilines is 2. The number of carboxylic acid groups (broad SMARTS) is 3. The number of aliphatic carboxylic acids is 3. The minimum Gasteiger partial charge on any atom is -0.480 e. The Labute approximate surface area is 518 Å². The first-order valence-corrected chi connectivity index (χ1v) is 30.7. The van der Waals surface area contributed by atoms with Gasteiger partial charge in [-0.25, -0.2) is 14.4 Å². The molecule has 28 heteroatoms. The summed E-state index contributed by atoms with van der Waals surface area (Å²) in [5.41, 5.74) is 11.9. The fraction of sp³-hybridized carbons (Fsp3) is 0.617. The molecule has 486 valence electrons. The standard InChI is InChI=1S/C60H88ClFN12O14/c1-43-34-44(36-46(62)35-43)49-38-65-59(57(58(49)74-10-4-47(63)5-11-74)60-67-50-3-2-45(61)37-51(50)68-60)66-48-6-12-73(13-7-48)53(76)8-22-83-24-26-85-28-30-87-32-33-88-31-29-86-27-25-84-23-9-64-52(75)39-69-14-16-70(40-54(77)78)18-20-72(42-56(81)82)21-19-71(17-15-69)41-55(79)80/h2-3,34-38,47-48H,4-33,39-42,63H2,1H3,(H,64,75)(H,65,66)(H,67,68)(H,77,78)(H,79,80)(H,81,82). The van der Waals surface area contributed by atoms with E-state index in [0.29, 0.717) is 161 Å². The van der Waals surface area contributed by atoms with Gasteiger partial charge in [0.25, 0.3) is 0 Å². The van der Waals surface area contributed by atoms with Gasteiger partial charge >= 0.3 is 17.9 Å². The van der Waals surface area contributed by atoms with E-state index in [9.17, 15) is 43.7 Å². The fourth-order valence-corrected chi connectivity index (χ4v) is 11.0. The average Bonchev–Trinajstić information content (AvgIpc) is 1.38. The lowest BCUT2D eigenvalue weighted by atomic mass is 9.96. The third kappa shape index (κ3) is 24.0. The van der Waals surface area contributed by atoms with Crippen molar-refractivity contribution in [3.63, 3.8) is 0 Å². The van der Waals surface area contributed by atoms with E-state index in [0.717, 1.165) is 51.8 Å². The number of pyridine rings is 1. The number of amides is 2. The topological polar surface area (TPSA) is 313 Å².